The highest BCUT2D eigenvalue weighted by atomic mass is 79.9. The van der Waals surface area contributed by atoms with Crippen molar-refractivity contribution in [1.82, 2.24) is 0 Å². The van der Waals surface area contributed by atoms with Crippen LogP contribution in [0.5, 0.6) is 0 Å². The third-order valence-corrected chi connectivity index (χ3v) is 4.18. The molecule has 0 heterocycles. The molecule has 1 atom stereocenters. The first-order chi connectivity index (χ1) is 9.04. The zero-order valence-electron chi connectivity index (χ0n) is 11.9. The van der Waals surface area contributed by atoms with E-state index in [-0.39, 0.29) is 6.61 Å². The summed E-state index contributed by atoms with van der Waals surface area (Å²) in [5.74, 6) is 0. The number of anilines is 1. The van der Waals surface area contributed by atoms with E-state index in [1.807, 2.05) is 18.2 Å². The fraction of sp³-hybridized carbons (Fsp3) is 0.600. The van der Waals surface area contributed by atoms with Gasteiger partial charge in [0.25, 0.3) is 0 Å². The van der Waals surface area contributed by atoms with Gasteiger partial charge >= 0.3 is 0 Å². The van der Waals surface area contributed by atoms with Gasteiger partial charge in [0.1, 0.15) is 0 Å². The van der Waals surface area contributed by atoms with Crippen LogP contribution in [0.25, 0.3) is 0 Å². The van der Waals surface area contributed by atoms with E-state index in [2.05, 4.69) is 34.7 Å². The number of rotatable bonds is 7. The molecule has 0 aliphatic rings. The molecular weight excluding hydrogens is 306 g/mol. The third-order valence-electron chi connectivity index (χ3n) is 3.49. The first kappa shape index (κ1) is 16.5. The molecule has 3 nitrogen and oxygen atoms in total. The van der Waals surface area contributed by atoms with Crippen LogP contribution in [0.4, 0.5) is 5.69 Å². The molecule has 1 aromatic rings. The average Bonchev–Trinajstić information content (AvgIpc) is 2.38. The number of nitrogens with zero attached hydrogens (tertiary/aromatic N) is 1. The Kier molecular flexibility index (Phi) is 6.83. The molecule has 1 rings (SSSR count). The van der Waals surface area contributed by atoms with E-state index in [1.54, 1.807) is 6.92 Å². The van der Waals surface area contributed by atoms with Crippen molar-refractivity contribution in [3.63, 3.8) is 0 Å². The fourth-order valence-corrected chi connectivity index (χ4v) is 3.09. The van der Waals surface area contributed by atoms with Crippen LogP contribution in [0.1, 0.15) is 45.3 Å². The molecule has 19 heavy (non-hydrogen) atoms. The Hall–Kier alpha value is -0.580. The molecule has 4 heteroatoms. The topological polar surface area (TPSA) is 43.7 Å². The summed E-state index contributed by atoms with van der Waals surface area (Å²) in [6.45, 7) is 6.86. The lowest BCUT2D eigenvalue weighted by molar-refractivity contribution is 0.198. The van der Waals surface area contributed by atoms with Crippen LogP contribution >= 0.6 is 15.9 Å². The van der Waals surface area contributed by atoms with Gasteiger partial charge in [0, 0.05) is 22.7 Å². The lowest BCUT2D eigenvalue weighted by Crippen LogP contribution is -2.36. The summed E-state index contributed by atoms with van der Waals surface area (Å²) in [5, 5.41) is 18.9. The van der Waals surface area contributed by atoms with E-state index in [0.29, 0.717) is 12.6 Å². The first-order valence-electron chi connectivity index (χ1n) is 6.90. The predicted octanol–water partition coefficient (Wildman–Crippen LogP) is 3.49. The molecule has 0 fully saturated rings. The molecule has 0 aliphatic heterocycles. The zero-order chi connectivity index (χ0) is 14.4. The quantitative estimate of drug-likeness (QED) is 0.804. The summed E-state index contributed by atoms with van der Waals surface area (Å²) >= 11 is 3.51. The monoisotopic (exact) mass is 329 g/mol. The van der Waals surface area contributed by atoms with Crippen LogP contribution in [-0.2, 0) is 0 Å². The van der Waals surface area contributed by atoms with Gasteiger partial charge in [-0.15, -0.1) is 0 Å². The molecule has 0 unspecified atom stereocenters. The third kappa shape index (κ3) is 4.20. The highest BCUT2D eigenvalue weighted by Crippen LogP contribution is 2.29. The van der Waals surface area contributed by atoms with E-state index in [4.69, 9.17) is 0 Å². The second-order valence-electron chi connectivity index (χ2n) is 4.77. The highest BCUT2D eigenvalue weighted by molar-refractivity contribution is 9.10. The summed E-state index contributed by atoms with van der Waals surface area (Å²) in [7, 11) is 0. The molecule has 0 saturated carbocycles. The molecule has 0 spiro atoms. The maximum absolute atomic E-state index is 9.66. The molecule has 0 radical (unpaired) electrons. The van der Waals surface area contributed by atoms with Crippen molar-refractivity contribution in [2.24, 2.45) is 0 Å². The van der Waals surface area contributed by atoms with Gasteiger partial charge in [0.15, 0.2) is 0 Å². The van der Waals surface area contributed by atoms with Crippen LogP contribution < -0.4 is 4.90 Å². The molecule has 2 N–H and O–H groups in total. The minimum atomic E-state index is -0.483. The Bertz CT molecular complexity index is 392. The van der Waals surface area contributed by atoms with Crippen molar-refractivity contribution in [3.8, 4) is 0 Å². The van der Waals surface area contributed by atoms with E-state index < -0.39 is 6.10 Å². The van der Waals surface area contributed by atoms with Gasteiger partial charge in [-0.05, 0) is 37.5 Å². The molecule has 0 saturated heterocycles. The second-order valence-corrected chi connectivity index (χ2v) is 5.62. The molecule has 0 amide bonds. The van der Waals surface area contributed by atoms with Gasteiger partial charge in [-0.25, -0.2) is 0 Å². The second kappa shape index (κ2) is 7.88. The Morgan fingerprint density at radius 2 is 1.89 bits per heavy atom. The van der Waals surface area contributed by atoms with Gasteiger partial charge in [-0.3, -0.25) is 0 Å². The van der Waals surface area contributed by atoms with Crippen LogP contribution in [0, 0.1) is 0 Å². The normalized spacial score (nSPS) is 12.8. The van der Waals surface area contributed by atoms with E-state index in [9.17, 15) is 10.2 Å². The average molecular weight is 330 g/mol. The Morgan fingerprint density at radius 1 is 1.26 bits per heavy atom. The molecule has 108 valence electrons. The zero-order valence-corrected chi connectivity index (χ0v) is 13.5. The molecular formula is C15H24BrNO2. The molecule has 0 aliphatic carbocycles. The molecule has 0 aromatic heterocycles. The first-order valence-corrected chi connectivity index (χ1v) is 7.69. The van der Waals surface area contributed by atoms with Crippen molar-refractivity contribution in [2.75, 3.05) is 18.1 Å². The van der Waals surface area contributed by atoms with Gasteiger partial charge < -0.3 is 15.1 Å². The Balaban J connectivity index is 3.06. The van der Waals surface area contributed by atoms with E-state index in [0.717, 1.165) is 28.6 Å². The SMILES string of the molecule is CCC(CC)N(CCO)c1ccc([C@H](C)O)c(Br)c1. The van der Waals surface area contributed by atoms with Crippen molar-refractivity contribution in [2.45, 2.75) is 45.8 Å². The maximum Gasteiger partial charge on any atom is 0.0772 e. The van der Waals surface area contributed by atoms with Crippen LogP contribution in [0.15, 0.2) is 22.7 Å². The lowest BCUT2D eigenvalue weighted by Gasteiger charge is -2.32. The largest absolute Gasteiger partial charge is 0.395 e. The van der Waals surface area contributed by atoms with Crippen molar-refractivity contribution in [3.05, 3.63) is 28.2 Å². The van der Waals surface area contributed by atoms with Crippen molar-refractivity contribution in [1.29, 1.82) is 0 Å². The highest BCUT2D eigenvalue weighted by Gasteiger charge is 2.17. The number of aliphatic hydroxyl groups is 2. The van der Waals surface area contributed by atoms with E-state index >= 15 is 0 Å². The lowest BCUT2D eigenvalue weighted by atomic mass is 10.1. The van der Waals surface area contributed by atoms with Crippen molar-refractivity contribution >= 4 is 21.6 Å². The number of hydrogen-bond acceptors (Lipinski definition) is 3. The number of hydrogen-bond donors (Lipinski definition) is 2. The summed E-state index contributed by atoms with van der Waals surface area (Å²) in [6.07, 6.45) is 1.61. The minimum Gasteiger partial charge on any atom is -0.395 e. The van der Waals surface area contributed by atoms with Gasteiger partial charge in [-0.2, -0.15) is 0 Å². The fourth-order valence-electron chi connectivity index (χ4n) is 2.39. The summed E-state index contributed by atoms with van der Waals surface area (Å²) < 4.78 is 0.911. The molecule has 1 aromatic carbocycles. The Morgan fingerprint density at radius 3 is 2.32 bits per heavy atom. The smallest absolute Gasteiger partial charge is 0.0772 e. The van der Waals surface area contributed by atoms with Gasteiger partial charge in [0.05, 0.1) is 12.7 Å². The van der Waals surface area contributed by atoms with Gasteiger partial charge in [0.2, 0.25) is 0 Å². The van der Waals surface area contributed by atoms with Crippen LogP contribution in [0.2, 0.25) is 0 Å². The maximum atomic E-state index is 9.66. The van der Waals surface area contributed by atoms with Crippen LogP contribution in [0.3, 0.4) is 0 Å². The summed E-state index contributed by atoms with van der Waals surface area (Å²) in [6, 6.07) is 6.41. The van der Waals surface area contributed by atoms with E-state index in [1.165, 1.54) is 0 Å². The van der Waals surface area contributed by atoms with Crippen molar-refractivity contribution < 1.29 is 10.2 Å². The molecule has 0 bridgehead atoms. The number of halogens is 1. The van der Waals surface area contributed by atoms with Crippen LogP contribution in [-0.4, -0.2) is 29.4 Å². The minimum absolute atomic E-state index is 0.145. The predicted molar refractivity (Wildman–Crippen MR) is 83.6 cm³/mol. The Labute approximate surface area is 124 Å². The number of aliphatic hydroxyl groups excluding tert-OH is 2. The summed E-state index contributed by atoms with van der Waals surface area (Å²) in [5.41, 5.74) is 1.97. The van der Waals surface area contributed by atoms with Gasteiger partial charge in [-0.1, -0.05) is 35.8 Å². The standard InChI is InChI=1S/C15H24BrNO2/c1-4-12(5-2)17(8-9-18)13-6-7-14(11(3)19)15(16)10-13/h6-7,10-12,18-19H,4-5,8-9H2,1-3H3/t11-/m0/s1. The summed E-state index contributed by atoms with van der Waals surface area (Å²) in [4.78, 5) is 2.23. The number of benzene rings is 1.